The SMILES string of the molecule is CC/C=C\C/C=C\C/C=C\C/C=C\C/C=C\C/C=C\CCCCCCCCCCCCC(=O)OC(COC(=O)CCCCCCCCCCCCC)COP(=O)(O)OCCN. The standard InChI is InChI=1S/C51H90NO8P/c1-3-5-7-9-11-13-15-16-17-18-19-20-21-22-23-24-25-26-27-28-29-30-31-32-34-36-38-40-42-44-51(54)60-49(48-59-61(55,56)58-46-45-52)47-57-50(53)43-41-39-37-35-33-14-12-10-8-6-4-2/h5,7,11,13,16-17,19-20,22-23,25-26,49H,3-4,6,8-10,12,14-15,18,21,24,27-48,52H2,1-2H3,(H,55,56)/b7-5-,13-11-,17-16-,20-19-,23-22-,26-25-. The number of phosphoric acid groups is 1. The van der Waals surface area contributed by atoms with E-state index in [0.29, 0.717) is 6.42 Å². The Balaban J connectivity index is 4.01. The summed E-state index contributed by atoms with van der Waals surface area (Å²) >= 11 is 0. The van der Waals surface area contributed by atoms with E-state index in [1.165, 1.54) is 89.9 Å². The van der Waals surface area contributed by atoms with Gasteiger partial charge in [-0.15, -0.1) is 0 Å². The lowest BCUT2D eigenvalue weighted by atomic mass is 10.0. The van der Waals surface area contributed by atoms with Crippen molar-refractivity contribution in [3.8, 4) is 0 Å². The third-order valence-corrected chi connectivity index (χ3v) is 11.1. The van der Waals surface area contributed by atoms with Crippen LogP contribution in [-0.4, -0.2) is 49.3 Å². The smallest absolute Gasteiger partial charge is 0.462 e. The molecule has 0 amide bonds. The highest BCUT2D eigenvalue weighted by Gasteiger charge is 2.26. The molecule has 0 rings (SSSR count). The van der Waals surface area contributed by atoms with Gasteiger partial charge in [-0.3, -0.25) is 18.6 Å². The maximum absolute atomic E-state index is 12.6. The molecule has 0 heterocycles. The van der Waals surface area contributed by atoms with Gasteiger partial charge < -0.3 is 20.1 Å². The summed E-state index contributed by atoms with van der Waals surface area (Å²) in [5.41, 5.74) is 5.35. The molecule has 0 saturated carbocycles. The first kappa shape index (κ1) is 58.5. The van der Waals surface area contributed by atoms with E-state index < -0.39 is 26.5 Å². The first-order valence-electron chi connectivity index (χ1n) is 24.4. The number of nitrogens with two attached hydrogens (primary N) is 1. The lowest BCUT2D eigenvalue weighted by Crippen LogP contribution is -2.29. The summed E-state index contributed by atoms with van der Waals surface area (Å²) in [4.78, 5) is 34.9. The minimum absolute atomic E-state index is 0.0509. The minimum Gasteiger partial charge on any atom is -0.462 e. The van der Waals surface area contributed by atoms with Gasteiger partial charge in [0.1, 0.15) is 6.61 Å². The average molecular weight is 876 g/mol. The molecular formula is C51H90NO8P. The lowest BCUT2D eigenvalue weighted by Gasteiger charge is -2.19. The second-order valence-corrected chi connectivity index (χ2v) is 17.4. The van der Waals surface area contributed by atoms with Crippen LogP contribution in [0.15, 0.2) is 72.9 Å². The van der Waals surface area contributed by atoms with E-state index in [1.54, 1.807) is 0 Å². The molecule has 0 spiro atoms. The van der Waals surface area contributed by atoms with Crippen LogP contribution < -0.4 is 5.73 Å². The average Bonchev–Trinajstić information content (AvgIpc) is 3.25. The van der Waals surface area contributed by atoms with Gasteiger partial charge in [-0.05, 0) is 64.2 Å². The molecule has 3 N–H and O–H groups in total. The lowest BCUT2D eigenvalue weighted by molar-refractivity contribution is -0.161. The van der Waals surface area contributed by atoms with Gasteiger partial charge in [0.05, 0.1) is 13.2 Å². The Morgan fingerprint density at radius 1 is 0.508 bits per heavy atom. The Morgan fingerprint density at radius 3 is 1.34 bits per heavy atom. The molecule has 0 aromatic carbocycles. The molecular weight excluding hydrogens is 786 g/mol. The second kappa shape index (κ2) is 46.9. The molecule has 9 nitrogen and oxygen atoms in total. The van der Waals surface area contributed by atoms with Gasteiger partial charge in [0.2, 0.25) is 0 Å². The number of hydrogen-bond donors (Lipinski definition) is 2. The van der Waals surface area contributed by atoms with Gasteiger partial charge in [-0.25, -0.2) is 4.57 Å². The van der Waals surface area contributed by atoms with Crippen LogP contribution in [-0.2, 0) is 32.7 Å². The summed E-state index contributed by atoms with van der Waals surface area (Å²) < 4.78 is 32.8. The molecule has 0 aromatic rings. The largest absolute Gasteiger partial charge is 0.472 e. The van der Waals surface area contributed by atoms with E-state index in [4.69, 9.17) is 24.3 Å². The molecule has 61 heavy (non-hydrogen) atoms. The molecule has 0 aliphatic rings. The monoisotopic (exact) mass is 876 g/mol. The van der Waals surface area contributed by atoms with Gasteiger partial charge in [0, 0.05) is 19.4 Å². The topological polar surface area (TPSA) is 134 Å². The number of carbonyl (C=O) groups is 2. The van der Waals surface area contributed by atoms with Gasteiger partial charge in [0.25, 0.3) is 0 Å². The molecule has 0 aliphatic heterocycles. The molecule has 352 valence electrons. The second-order valence-electron chi connectivity index (χ2n) is 16.0. The molecule has 0 aliphatic carbocycles. The zero-order chi connectivity index (χ0) is 44.6. The molecule has 10 heteroatoms. The van der Waals surface area contributed by atoms with Crippen molar-refractivity contribution in [3.63, 3.8) is 0 Å². The van der Waals surface area contributed by atoms with E-state index in [0.717, 1.165) is 83.5 Å². The summed E-state index contributed by atoms with van der Waals surface area (Å²) in [6.45, 7) is 3.61. The zero-order valence-corrected chi connectivity index (χ0v) is 39.8. The Bertz CT molecular complexity index is 1230. The fourth-order valence-electron chi connectivity index (χ4n) is 6.52. The quantitative estimate of drug-likeness (QED) is 0.0265. The van der Waals surface area contributed by atoms with E-state index in [1.807, 2.05) is 0 Å². The fourth-order valence-corrected chi connectivity index (χ4v) is 7.29. The zero-order valence-electron chi connectivity index (χ0n) is 38.9. The van der Waals surface area contributed by atoms with E-state index >= 15 is 0 Å². The summed E-state index contributed by atoms with van der Waals surface area (Å²) in [6.07, 6.45) is 58.0. The van der Waals surface area contributed by atoms with Crippen LogP contribution in [0.4, 0.5) is 0 Å². The van der Waals surface area contributed by atoms with Crippen LogP contribution in [0, 0.1) is 0 Å². The van der Waals surface area contributed by atoms with Crippen LogP contribution in [0.3, 0.4) is 0 Å². The molecule has 0 fully saturated rings. The molecule has 0 aromatic heterocycles. The number of hydrogen-bond acceptors (Lipinski definition) is 8. The van der Waals surface area contributed by atoms with Crippen LogP contribution in [0.2, 0.25) is 0 Å². The number of allylic oxidation sites excluding steroid dienone is 12. The van der Waals surface area contributed by atoms with Gasteiger partial charge in [-0.2, -0.15) is 0 Å². The van der Waals surface area contributed by atoms with Gasteiger partial charge >= 0.3 is 19.8 Å². The van der Waals surface area contributed by atoms with Crippen LogP contribution in [0.25, 0.3) is 0 Å². The molecule has 2 unspecified atom stereocenters. The van der Waals surface area contributed by atoms with Crippen molar-refractivity contribution >= 4 is 19.8 Å². The summed E-state index contributed by atoms with van der Waals surface area (Å²) in [5, 5.41) is 0. The number of phosphoric ester groups is 1. The van der Waals surface area contributed by atoms with Crippen molar-refractivity contribution in [2.75, 3.05) is 26.4 Å². The van der Waals surface area contributed by atoms with E-state index in [-0.39, 0.29) is 38.6 Å². The van der Waals surface area contributed by atoms with Crippen molar-refractivity contribution in [2.24, 2.45) is 5.73 Å². The number of unbranched alkanes of at least 4 members (excludes halogenated alkanes) is 20. The molecule has 0 bridgehead atoms. The van der Waals surface area contributed by atoms with Crippen molar-refractivity contribution in [1.29, 1.82) is 0 Å². The van der Waals surface area contributed by atoms with Crippen molar-refractivity contribution in [1.82, 2.24) is 0 Å². The first-order valence-corrected chi connectivity index (χ1v) is 25.9. The summed E-state index contributed by atoms with van der Waals surface area (Å²) in [6, 6.07) is 0. The third kappa shape index (κ3) is 46.8. The Hall–Kier alpha value is -2.55. The number of esters is 2. The highest BCUT2D eigenvalue weighted by Crippen LogP contribution is 2.43. The van der Waals surface area contributed by atoms with Crippen molar-refractivity contribution < 1.29 is 37.6 Å². The highest BCUT2D eigenvalue weighted by atomic mass is 31.2. The van der Waals surface area contributed by atoms with Crippen LogP contribution in [0.1, 0.15) is 206 Å². The summed E-state index contributed by atoms with van der Waals surface area (Å²) in [5.74, 6) is -0.834. The predicted octanol–water partition coefficient (Wildman–Crippen LogP) is 14.6. The first-order chi connectivity index (χ1) is 29.8. The number of carbonyl (C=O) groups excluding carboxylic acids is 2. The molecule has 2 atom stereocenters. The van der Waals surface area contributed by atoms with E-state index in [9.17, 15) is 19.0 Å². The van der Waals surface area contributed by atoms with E-state index in [2.05, 4.69) is 86.8 Å². The Morgan fingerprint density at radius 2 is 0.902 bits per heavy atom. The predicted molar refractivity (Wildman–Crippen MR) is 256 cm³/mol. The Kier molecular flexibility index (Phi) is 45.0. The normalized spacial score (nSPS) is 13.8. The molecule has 0 radical (unpaired) electrons. The number of rotatable bonds is 45. The van der Waals surface area contributed by atoms with Crippen molar-refractivity contribution in [2.45, 2.75) is 213 Å². The number of ether oxygens (including phenoxy) is 2. The van der Waals surface area contributed by atoms with Crippen LogP contribution >= 0.6 is 7.82 Å². The van der Waals surface area contributed by atoms with Crippen LogP contribution in [0.5, 0.6) is 0 Å². The Labute approximate surface area is 373 Å². The maximum atomic E-state index is 12.6. The minimum atomic E-state index is -4.38. The maximum Gasteiger partial charge on any atom is 0.472 e. The summed E-state index contributed by atoms with van der Waals surface area (Å²) in [7, 11) is -4.38. The van der Waals surface area contributed by atoms with Crippen molar-refractivity contribution in [3.05, 3.63) is 72.9 Å². The molecule has 0 saturated heterocycles. The van der Waals surface area contributed by atoms with Gasteiger partial charge in [-0.1, -0.05) is 202 Å². The third-order valence-electron chi connectivity index (χ3n) is 10.1. The highest BCUT2D eigenvalue weighted by molar-refractivity contribution is 7.47. The van der Waals surface area contributed by atoms with Gasteiger partial charge in [0.15, 0.2) is 6.10 Å². The fraction of sp³-hybridized carbons (Fsp3) is 0.725.